The number of ether oxygens (including phenoxy) is 7. The molecule has 0 aliphatic heterocycles. The molecular weight excluding hydrogens is 777 g/mol. The number of carboxylic acid groups (broad SMARTS) is 1. The number of hydrogen-bond acceptors (Lipinski definition) is 13. The Morgan fingerprint density at radius 3 is 2.15 bits per heavy atom. The zero-order valence-electron chi connectivity index (χ0n) is 34.4. The van der Waals surface area contributed by atoms with E-state index in [9.17, 15) is 14.4 Å². The van der Waals surface area contributed by atoms with Crippen LogP contribution in [-0.4, -0.2) is 100 Å². The highest BCUT2D eigenvalue weighted by Crippen LogP contribution is 2.37. The Kier molecular flexibility index (Phi) is 15.8. The first-order valence-corrected chi connectivity index (χ1v) is 18.9. The number of rotatable bonds is 21. The van der Waals surface area contributed by atoms with E-state index in [4.69, 9.17) is 38.3 Å². The standard InChI is InChI=1S/C43H50N6O11/c1-43(2,3)27-21-33(40(52)45-26-38(50)51)39(56-6)35(22-27)48-42(53)47-34-11-12-36(32-10-8-7-9-31(32)34)60-37-13-14-44-41(49-37)46-28-23-29(55-5)25-30(24-28)59-20-19-58-18-17-57-16-15-54-4/h7-14,21-25H,15-20,26H2,1-6H3,(H,45,52)(H,50,51)(H,44,46,49)(H2,47,48,53). The van der Waals surface area contributed by atoms with Gasteiger partial charge in [0.1, 0.15) is 30.4 Å². The minimum atomic E-state index is -1.20. The summed E-state index contributed by atoms with van der Waals surface area (Å²) >= 11 is 0. The van der Waals surface area contributed by atoms with Crippen LogP contribution in [0.25, 0.3) is 10.8 Å². The predicted octanol–water partition coefficient (Wildman–Crippen LogP) is 7.00. The van der Waals surface area contributed by atoms with E-state index in [1.165, 1.54) is 7.11 Å². The first-order valence-electron chi connectivity index (χ1n) is 18.9. The summed E-state index contributed by atoms with van der Waals surface area (Å²) in [6.45, 7) is 7.90. The molecule has 0 spiro atoms. The Labute approximate surface area is 347 Å². The largest absolute Gasteiger partial charge is 0.497 e. The van der Waals surface area contributed by atoms with Crippen LogP contribution in [0.3, 0.4) is 0 Å². The molecule has 60 heavy (non-hydrogen) atoms. The fourth-order valence-corrected chi connectivity index (χ4v) is 5.77. The van der Waals surface area contributed by atoms with Crippen molar-refractivity contribution in [1.82, 2.24) is 15.3 Å². The number of hydrogen-bond donors (Lipinski definition) is 5. The van der Waals surface area contributed by atoms with Gasteiger partial charge in [0.05, 0.1) is 64.2 Å². The van der Waals surface area contributed by atoms with E-state index < -0.39 is 29.9 Å². The van der Waals surface area contributed by atoms with Crippen molar-refractivity contribution in [1.29, 1.82) is 0 Å². The topological polar surface area (TPSA) is 210 Å². The molecule has 0 bridgehead atoms. The number of aromatic nitrogens is 2. The molecule has 1 aromatic heterocycles. The van der Waals surface area contributed by atoms with Gasteiger partial charge < -0.3 is 59.5 Å². The summed E-state index contributed by atoms with van der Waals surface area (Å²) in [6.07, 6.45) is 1.56. The molecule has 5 aromatic rings. The molecule has 1 heterocycles. The number of fused-ring (bicyclic) bond motifs is 1. The number of carbonyl (C=O) groups is 3. The van der Waals surface area contributed by atoms with Crippen molar-refractivity contribution in [2.24, 2.45) is 0 Å². The summed E-state index contributed by atoms with van der Waals surface area (Å²) in [7, 11) is 4.55. The molecule has 0 aliphatic rings. The van der Waals surface area contributed by atoms with Gasteiger partial charge in [0.25, 0.3) is 5.91 Å². The van der Waals surface area contributed by atoms with Crippen LogP contribution < -0.4 is 40.2 Å². The van der Waals surface area contributed by atoms with Gasteiger partial charge in [-0.3, -0.25) is 9.59 Å². The van der Waals surface area contributed by atoms with Crippen LogP contribution >= 0.6 is 0 Å². The van der Waals surface area contributed by atoms with Gasteiger partial charge in [-0.25, -0.2) is 9.78 Å². The van der Waals surface area contributed by atoms with Gasteiger partial charge in [0.15, 0.2) is 5.75 Å². The lowest BCUT2D eigenvalue weighted by Crippen LogP contribution is -2.30. The highest BCUT2D eigenvalue weighted by atomic mass is 16.6. The van der Waals surface area contributed by atoms with Crippen molar-refractivity contribution in [3.05, 3.63) is 90.1 Å². The molecule has 3 amide bonds. The molecule has 5 N–H and O–H groups in total. The Morgan fingerprint density at radius 1 is 0.750 bits per heavy atom. The fourth-order valence-electron chi connectivity index (χ4n) is 5.77. The van der Waals surface area contributed by atoms with E-state index >= 15 is 0 Å². The first kappa shape index (κ1) is 44.4. The normalized spacial score (nSPS) is 11.1. The van der Waals surface area contributed by atoms with Crippen LogP contribution in [0.5, 0.6) is 28.9 Å². The van der Waals surface area contributed by atoms with E-state index in [0.29, 0.717) is 84.6 Å². The van der Waals surface area contributed by atoms with Gasteiger partial charge in [-0.1, -0.05) is 45.0 Å². The second-order valence-electron chi connectivity index (χ2n) is 14.1. The quantitative estimate of drug-likeness (QED) is 0.0472. The molecule has 318 valence electrons. The summed E-state index contributed by atoms with van der Waals surface area (Å²) in [6, 6.07) is 20.5. The Balaban J connectivity index is 1.28. The smallest absolute Gasteiger partial charge is 0.323 e. The van der Waals surface area contributed by atoms with E-state index in [1.54, 1.807) is 68.9 Å². The Hall–Kier alpha value is -6.69. The van der Waals surface area contributed by atoms with Crippen LogP contribution in [0, 0.1) is 0 Å². The van der Waals surface area contributed by atoms with Crippen LogP contribution in [0.1, 0.15) is 36.7 Å². The minimum absolute atomic E-state index is 0.0750. The SMILES string of the molecule is COCCOCCOCCOc1cc(Nc2nccc(Oc3ccc(NC(=O)Nc4cc(C(C)(C)C)cc(C(=O)NCC(=O)O)c4OC)c4ccccc34)n2)cc(OC)c1. The minimum Gasteiger partial charge on any atom is -0.497 e. The number of nitrogens with zero attached hydrogens (tertiary/aromatic N) is 2. The van der Waals surface area contributed by atoms with Gasteiger partial charge in [0.2, 0.25) is 11.8 Å². The molecular formula is C43H50N6O11. The average Bonchev–Trinajstić information content (AvgIpc) is 3.22. The van der Waals surface area contributed by atoms with Crippen molar-refractivity contribution in [2.75, 3.05) is 83.5 Å². The third kappa shape index (κ3) is 12.7. The lowest BCUT2D eigenvalue weighted by Gasteiger charge is -2.23. The van der Waals surface area contributed by atoms with Crippen LogP contribution in [0.4, 0.5) is 27.8 Å². The number of amides is 3. The average molecular weight is 827 g/mol. The second-order valence-corrected chi connectivity index (χ2v) is 14.1. The molecule has 0 radical (unpaired) electrons. The third-order valence-corrected chi connectivity index (χ3v) is 8.70. The summed E-state index contributed by atoms with van der Waals surface area (Å²) in [4.78, 5) is 46.7. The Bertz CT molecular complexity index is 2260. The second kappa shape index (κ2) is 21.4. The Morgan fingerprint density at radius 2 is 1.45 bits per heavy atom. The molecule has 0 unspecified atom stereocenters. The zero-order valence-corrected chi connectivity index (χ0v) is 34.4. The lowest BCUT2D eigenvalue weighted by atomic mass is 9.85. The molecule has 0 aliphatic carbocycles. The van der Waals surface area contributed by atoms with Crippen molar-refractivity contribution < 1.29 is 52.6 Å². The van der Waals surface area contributed by atoms with Crippen LogP contribution in [0.2, 0.25) is 0 Å². The summed E-state index contributed by atoms with van der Waals surface area (Å²) < 4.78 is 39.1. The number of urea groups is 1. The first-order chi connectivity index (χ1) is 28.9. The number of anilines is 4. The van der Waals surface area contributed by atoms with Crippen molar-refractivity contribution in [3.63, 3.8) is 0 Å². The highest BCUT2D eigenvalue weighted by Gasteiger charge is 2.24. The predicted molar refractivity (Wildman–Crippen MR) is 226 cm³/mol. The molecule has 0 saturated carbocycles. The maximum Gasteiger partial charge on any atom is 0.323 e. The van der Waals surface area contributed by atoms with E-state index in [-0.39, 0.29) is 28.8 Å². The van der Waals surface area contributed by atoms with Crippen molar-refractivity contribution in [2.45, 2.75) is 26.2 Å². The number of aliphatic carboxylic acids is 1. The summed E-state index contributed by atoms with van der Waals surface area (Å²) in [5.74, 6) is 0.321. The van der Waals surface area contributed by atoms with Gasteiger partial charge in [-0.05, 0) is 35.2 Å². The van der Waals surface area contributed by atoms with Crippen molar-refractivity contribution in [3.8, 4) is 28.9 Å². The molecule has 5 rings (SSSR count). The monoisotopic (exact) mass is 826 g/mol. The molecule has 17 heteroatoms. The fraction of sp³-hybridized carbons (Fsp3) is 0.326. The third-order valence-electron chi connectivity index (χ3n) is 8.70. The number of methoxy groups -OCH3 is 3. The van der Waals surface area contributed by atoms with E-state index in [0.717, 1.165) is 0 Å². The van der Waals surface area contributed by atoms with Crippen LogP contribution in [-0.2, 0) is 24.4 Å². The van der Waals surface area contributed by atoms with Gasteiger partial charge in [-0.15, -0.1) is 0 Å². The zero-order chi connectivity index (χ0) is 43.1. The van der Waals surface area contributed by atoms with Gasteiger partial charge in [-0.2, -0.15) is 4.98 Å². The molecule has 4 aromatic carbocycles. The maximum absolute atomic E-state index is 13.6. The number of carbonyl (C=O) groups excluding carboxylic acids is 2. The van der Waals surface area contributed by atoms with Gasteiger partial charge in [0, 0.05) is 54.0 Å². The maximum atomic E-state index is 13.6. The van der Waals surface area contributed by atoms with Gasteiger partial charge >= 0.3 is 12.0 Å². The molecule has 0 saturated heterocycles. The number of nitrogens with one attached hydrogen (secondary N) is 4. The molecule has 17 nitrogen and oxygen atoms in total. The summed E-state index contributed by atoms with van der Waals surface area (Å²) in [5.41, 5.74) is 1.67. The molecule has 0 fully saturated rings. The number of carboxylic acids is 1. The summed E-state index contributed by atoms with van der Waals surface area (Å²) in [5, 5.41) is 21.7. The van der Waals surface area contributed by atoms with Crippen molar-refractivity contribution >= 4 is 51.7 Å². The molecule has 0 atom stereocenters. The highest BCUT2D eigenvalue weighted by molar-refractivity contribution is 6.09. The van der Waals surface area contributed by atoms with Crippen LogP contribution in [0.15, 0.2) is 79.0 Å². The van der Waals surface area contributed by atoms with E-state index in [2.05, 4.69) is 31.2 Å². The lowest BCUT2D eigenvalue weighted by molar-refractivity contribution is -0.135. The number of benzene rings is 4. The van der Waals surface area contributed by atoms with E-state index in [1.807, 2.05) is 45.0 Å².